The van der Waals surface area contributed by atoms with Gasteiger partial charge in [-0.15, -0.1) is 0 Å². The van der Waals surface area contributed by atoms with Crippen molar-refractivity contribution in [3.63, 3.8) is 0 Å². The molecule has 7 heteroatoms. The van der Waals surface area contributed by atoms with Crippen molar-refractivity contribution in [3.05, 3.63) is 69.3 Å². The fourth-order valence-electron chi connectivity index (χ4n) is 2.15. The van der Waals surface area contributed by atoms with Crippen LogP contribution in [0.5, 0.6) is 0 Å². The third-order valence-electron chi connectivity index (χ3n) is 3.35. The minimum Gasteiger partial charge on any atom is -0.393 e. The highest BCUT2D eigenvalue weighted by molar-refractivity contribution is 5.95. The molecule has 0 saturated carbocycles. The molecule has 2 rings (SSSR count). The third-order valence-corrected chi connectivity index (χ3v) is 3.35. The normalized spacial score (nSPS) is 10.3. The highest BCUT2D eigenvalue weighted by atomic mass is 16.6. The molecule has 120 valence electrons. The molecule has 0 unspecified atom stereocenters. The molecule has 2 aromatic rings. The molecule has 1 amide bonds. The molecule has 0 heterocycles. The molecule has 3 N–H and O–H groups in total. The van der Waals surface area contributed by atoms with Gasteiger partial charge in [-0.1, -0.05) is 24.3 Å². The van der Waals surface area contributed by atoms with Crippen molar-refractivity contribution in [1.82, 2.24) is 5.32 Å². The molecule has 0 fully saturated rings. The molecule has 2 aromatic carbocycles. The lowest BCUT2D eigenvalue weighted by molar-refractivity contribution is -0.383. The first-order valence-electron chi connectivity index (χ1n) is 6.90. The molecular weight excluding hydrogens is 298 g/mol. The number of carbonyl (C=O) groups excluding carboxylic acids is 1. The first-order chi connectivity index (χ1) is 11.0. The Morgan fingerprint density at radius 2 is 1.96 bits per heavy atom. The largest absolute Gasteiger partial charge is 0.393 e. The van der Waals surface area contributed by atoms with Crippen molar-refractivity contribution >= 4 is 17.3 Å². The van der Waals surface area contributed by atoms with Crippen LogP contribution >= 0.6 is 0 Å². The average molecular weight is 315 g/mol. The fraction of sp³-hybridized carbons (Fsp3) is 0.188. The van der Waals surface area contributed by atoms with Crippen LogP contribution < -0.4 is 11.1 Å². The van der Waals surface area contributed by atoms with Crippen LogP contribution in [0.25, 0.3) is 0 Å². The number of nitrogen functional groups attached to an aromatic ring is 1. The van der Waals surface area contributed by atoms with Crippen molar-refractivity contribution in [1.29, 1.82) is 0 Å². The summed E-state index contributed by atoms with van der Waals surface area (Å²) in [5, 5.41) is 13.6. The van der Waals surface area contributed by atoms with Crippen LogP contribution in [-0.4, -0.2) is 17.9 Å². The predicted molar refractivity (Wildman–Crippen MR) is 85.8 cm³/mol. The lowest BCUT2D eigenvalue weighted by Gasteiger charge is -2.10. The number of carbonyl (C=O) groups is 1. The van der Waals surface area contributed by atoms with E-state index in [4.69, 9.17) is 10.5 Å². The molecule has 7 nitrogen and oxygen atoms in total. The minimum absolute atomic E-state index is 0.0250. The standard InChI is InChI=1S/C16H17N3O4/c1-23-10-13-5-3-2-4-12(13)9-18-16(20)11-6-7-14(17)15(8-11)19(21)22/h2-8H,9-10,17H2,1H3,(H,18,20). The SMILES string of the molecule is COCc1ccccc1CNC(=O)c1ccc(N)c([N+](=O)[O-])c1. The van der Waals surface area contributed by atoms with Gasteiger partial charge in [-0.05, 0) is 23.3 Å². The Bertz CT molecular complexity index is 731. The fourth-order valence-corrected chi connectivity index (χ4v) is 2.15. The number of nitro groups is 1. The molecule has 0 radical (unpaired) electrons. The van der Waals surface area contributed by atoms with E-state index in [9.17, 15) is 14.9 Å². The first kappa shape index (κ1) is 16.4. The van der Waals surface area contributed by atoms with Gasteiger partial charge in [0.05, 0.1) is 11.5 Å². The zero-order chi connectivity index (χ0) is 16.8. The highest BCUT2D eigenvalue weighted by Crippen LogP contribution is 2.22. The van der Waals surface area contributed by atoms with Crippen LogP contribution in [0.4, 0.5) is 11.4 Å². The van der Waals surface area contributed by atoms with E-state index in [1.54, 1.807) is 7.11 Å². The number of amides is 1. The minimum atomic E-state index is -0.611. The number of nitrogens with zero attached hydrogens (tertiary/aromatic N) is 1. The van der Waals surface area contributed by atoms with Gasteiger partial charge >= 0.3 is 0 Å². The Balaban J connectivity index is 2.11. The summed E-state index contributed by atoms with van der Waals surface area (Å²) in [5.41, 5.74) is 7.35. The molecule has 0 aliphatic carbocycles. The molecule has 0 aliphatic heterocycles. The van der Waals surface area contributed by atoms with E-state index in [-0.39, 0.29) is 16.9 Å². The van der Waals surface area contributed by atoms with Crippen molar-refractivity contribution in [2.24, 2.45) is 0 Å². The molecule has 0 bridgehead atoms. The summed E-state index contributed by atoms with van der Waals surface area (Å²) < 4.78 is 5.11. The monoisotopic (exact) mass is 315 g/mol. The summed E-state index contributed by atoms with van der Waals surface area (Å²) in [6.07, 6.45) is 0. The molecule has 0 aromatic heterocycles. The lowest BCUT2D eigenvalue weighted by Crippen LogP contribution is -2.23. The van der Waals surface area contributed by atoms with E-state index < -0.39 is 10.8 Å². The number of rotatable bonds is 6. The summed E-state index contributed by atoms with van der Waals surface area (Å²) in [6, 6.07) is 11.5. The quantitative estimate of drug-likeness (QED) is 0.483. The number of ether oxygens (including phenoxy) is 1. The van der Waals surface area contributed by atoms with Gasteiger partial charge in [-0.25, -0.2) is 0 Å². The zero-order valence-corrected chi connectivity index (χ0v) is 12.6. The van der Waals surface area contributed by atoms with E-state index in [0.29, 0.717) is 13.2 Å². The Kier molecular flexibility index (Phi) is 5.27. The van der Waals surface area contributed by atoms with Gasteiger partial charge in [-0.2, -0.15) is 0 Å². The number of nitro benzene ring substituents is 1. The summed E-state index contributed by atoms with van der Waals surface area (Å²) in [5.74, 6) is -0.402. The van der Waals surface area contributed by atoms with Gasteiger partial charge in [-0.3, -0.25) is 14.9 Å². The van der Waals surface area contributed by atoms with E-state index in [2.05, 4.69) is 5.32 Å². The van der Waals surface area contributed by atoms with E-state index in [0.717, 1.165) is 11.1 Å². The van der Waals surface area contributed by atoms with Crippen molar-refractivity contribution < 1.29 is 14.5 Å². The van der Waals surface area contributed by atoms with E-state index in [1.165, 1.54) is 18.2 Å². The van der Waals surface area contributed by atoms with Crippen LogP contribution in [0.15, 0.2) is 42.5 Å². The van der Waals surface area contributed by atoms with Crippen LogP contribution in [0.1, 0.15) is 21.5 Å². The second-order valence-corrected chi connectivity index (χ2v) is 4.92. The lowest BCUT2D eigenvalue weighted by atomic mass is 10.1. The maximum atomic E-state index is 12.2. The van der Waals surface area contributed by atoms with Gasteiger partial charge in [0.2, 0.25) is 0 Å². The van der Waals surface area contributed by atoms with Crippen molar-refractivity contribution in [3.8, 4) is 0 Å². The number of hydrogen-bond acceptors (Lipinski definition) is 5. The second-order valence-electron chi connectivity index (χ2n) is 4.92. The van der Waals surface area contributed by atoms with Gasteiger partial charge in [0.25, 0.3) is 11.6 Å². The maximum Gasteiger partial charge on any atom is 0.292 e. The van der Waals surface area contributed by atoms with Crippen LogP contribution in [0, 0.1) is 10.1 Å². The number of nitrogens with two attached hydrogens (primary N) is 1. The summed E-state index contributed by atoms with van der Waals surface area (Å²) >= 11 is 0. The summed E-state index contributed by atoms with van der Waals surface area (Å²) in [7, 11) is 1.60. The topological polar surface area (TPSA) is 107 Å². The Morgan fingerprint density at radius 1 is 1.26 bits per heavy atom. The maximum absolute atomic E-state index is 12.2. The number of nitrogens with one attached hydrogen (secondary N) is 1. The van der Waals surface area contributed by atoms with Crippen molar-refractivity contribution in [2.45, 2.75) is 13.2 Å². The van der Waals surface area contributed by atoms with E-state index in [1.807, 2.05) is 24.3 Å². The first-order valence-corrected chi connectivity index (χ1v) is 6.90. The van der Waals surface area contributed by atoms with Gasteiger partial charge in [0, 0.05) is 25.3 Å². The highest BCUT2D eigenvalue weighted by Gasteiger charge is 2.15. The molecule has 0 aliphatic rings. The Hall–Kier alpha value is -2.93. The smallest absolute Gasteiger partial charge is 0.292 e. The number of methoxy groups -OCH3 is 1. The summed E-state index contributed by atoms with van der Waals surface area (Å²) in [4.78, 5) is 22.4. The second kappa shape index (κ2) is 7.37. The van der Waals surface area contributed by atoms with Crippen molar-refractivity contribution in [2.75, 3.05) is 12.8 Å². The van der Waals surface area contributed by atoms with Crippen LogP contribution in [0.2, 0.25) is 0 Å². The number of anilines is 1. The number of hydrogen-bond donors (Lipinski definition) is 2. The average Bonchev–Trinajstić information content (AvgIpc) is 2.54. The molecule has 0 saturated heterocycles. The Labute approximate surface area is 133 Å². The molecule has 0 spiro atoms. The molecular formula is C16H17N3O4. The van der Waals surface area contributed by atoms with E-state index >= 15 is 0 Å². The predicted octanol–water partition coefficient (Wildman–Crippen LogP) is 2.25. The van der Waals surface area contributed by atoms with Crippen LogP contribution in [-0.2, 0) is 17.9 Å². The number of benzene rings is 2. The van der Waals surface area contributed by atoms with Gasteiger partial charge in [0.15, 0.2) is 0 Å². The Morgan fingerprint density at radius 3 is 2.61 bits per heavy atom. The van der Waals surface area contributed by atoms with Gasteiger partial charge in [0.1, 0.15) is 5.69 Å². The third kappa shape index (κ3) is 4.04. The zero-order valence-electron chi connectivity index (χ0n) is 12.6. The van der Waals surface area contributed by atoms with Gasteiger partial charge < -0.3 is 15.8 Å². The summed E-state index contributed by atoms with van der Waals surface area (Å²) in [6.45, 7) is 0.746. The van der Waals surface area contributed by atoms with Crippen LogP contribution in [0.3, 0.4) is 0 Å². The molecule has 0 atom stereocenters. The molecule has 23 heavy (non-hydrogen) atoms.